The maximum absolute atomic E-state index is 12.3. The van der Waals surface area contributed by atoms with Crippen molar-refractivity contribution in [1.82, 2.24) is 15.2 Å². The van der Waals surface area contributed by atoms with Crippen LogP contribution in [0.1, 0.15) is 39.0 Å². The quantitative estimate of drug-likeness (QED) is 0.445. The molecule has 0 aliphatic carbocycles. The number of nitrogens with zero attached hydrogens (tertiary/aromatic N) is 2. The van der Waals surface area contributed by atoms with E-state index in [2.05, 4.69) is 17.2 Å². The number of hydrazine groups is 1. The van der Waals surface area contributed by atoms with Crippen LogP contribution in [-0.2, 0) is 9.59 Å². The molecule has 2 saturated heterocycles. The standard InChI is InChI=1S/C15H28N4O2/c1-2-12-3-7-18(8-4-12)11-14(20)19-9-5-13(6-10-19)15(21)17-16/h12-13H,2-11,16H2,1H3,(H,17,21). The first-order valence-electron chi connectivity index (χ1n) is 8.14. The summed E-state index contributed by atoms with van der Waals surface area (Å²) in [4.78, 5) is 28.0. The van der Waals surface area contributed by atoms with Gasteiger partial charge >= 0.3 is 0 Å². The van der Waals surface area contributed by atoms with Crippen molar-refractivity contribution in [2.24, 2.45) is 17.7 Å². The Morgan fingerprint density at radius 1 is 1.10 bits per heavy atom. The van der Waals surface area contributed by atoms with Crippen molar-refractivity contribution in [3.8, 4) is 0 Å². The molecule has 3 N–H and O–H groups in total. The largest absolute Gasteiger partial charge is 0.342 e. The van der Waals surface area contributed by atoms with Crippen molar-refractivity contribution in [2.45, 2.75) is 39.0 Å². The highest BCUT2D eigenvalue weighted by molar-refractivity contribution is 5.80. The Bertz CT molecular complexity index is 359. The second-order valence-electron chi connectivity index (χ2n) is 6.29. The van der Waals surface area contributed by atoms with Gasteiger partial charge < -0.3 is 4.90 Å². The van der Waals surface area contributed by atoms with Gasteiger partial charge in [0.15, 0.2) is 0 Å². The Morgan fingerprint density at radius 3 is 2.24 bits per heavy atom. The van der Waals surface area contributed by atoms with E-state index < -0.39 is 0 Å². The van der Waals surface area contributed by atoms with E-state index in [1.807, 2.05) is 4.90 Å². The average molecular weight is 296 g/mol. The van der Waals surface area contributed by atoms with E-state index in [4.69, 9.17) is 5.84 Å². The molecule has 2 amide bonds. The second-order valence-corrected chi connectivity index (χ2v) is 6.29. The molecule has 120 valence electrons. The number of rotatable bonds is 4. The third-order valence-electron chi connectivity index (χ3n) is 5.00. The Morgan fingerprint density at radius 2 is 1.71 bits per heavy atom. The van der Waals surface area contributed by atoms with Crippen LogP contribution in [0.2, 0.25) is 0 Å². The van der Waals surface area contributed by atoms with Crippen LogP contribution >= 0.6 is 0 Å². The molecule has 0 bridgehead atoms. The minimum atomic E-state index is -0.108. The molecular weight excluding hydrogens is 268 g/mol. The van der Waals surface area contributed by atoms with Crippen LogP contribution in [0.15, 0.2) is 0 Å². The zero-order chi connectivity index (χ0) is 15.2. The summed E-state index contributed by atoms with van der Waals surface area (Å²) in [5, 5.41) is 0. The summed E-state index contributed by atoms with van der Waals surface area (Å²) in [6.45, 7) is 6.19. The molecule has 0 spiro atoms. The van der Waals surface area contributed by atoms with Gasteiger partial charge in [-0.1, -0.05) is 13.3 Å². The van der Waals surface area contributed by atoms with Crippen LogP contribution in [-0.4, -0.2) is 54.3 Å². The zero-order valence-corrected chi connectivity index (χ0v) is 13.0. The smallest absolute Gasteiger partial charge is 0.237 e. The molecule has 2 fully saturated rings. The number of nitrogens with two attached hydrogens (primary N) is 1. The molecule has 0 aromatic carbocycles. The van der Waals surface area contributed by atoms with Crippen LogP contribution in [0, 0.1) is 11.8 Å². The number of carbonyl (C=O) groups excluding carboxylic acids is 2. The maximum Gasteiger partial charge on any atom is 0.237 e. The summed E-state index contributed by atoms with van der Waals surface area (Å²) < 4.78 is 0. The van der Waals surface area contributed by atoms with Crippen LogP contribution in [0.5, 0.6) is 0 Å². The first-order valence-corrected chi connectivity index (χ1v) is 8.14. The summed E-state index contributed by atoms with van der Waals surface area (Å²) in [5.74, 6) is 6.05. The molecule has 0 unspecified atom stereocenters. The summed E-state index contributed by atoms with van der Waals surface area (Å²) in [7, 11) is 0. The van der Waals surface area contributed by atoms with Crippen LogP contribution in [0.3, 0.4) is 0 Å². The number of hydrogen-bond donors (Lipinski definition) is 2. The summed E-state index contributed by atoms with van der Waals surface area (Å²) in [5.41, 5.74) is 2.20. The van der Waals surface area contributed by atoms with Crippen LogP contribution in [0.25, 0.3) is 0 Å². The maximum atomic E-state index is 12.3. The fourth-order valence-corrected chi connectivity index (χ4v) is 3.35. The van der Waals surface area contributed by atoms with Crippen molar-refractivity contribution in [3.63, 3.8) is 0 Å². The number of carbonyl (C=O) groups is 2. The fraction of sp³-hybridized carbons (Fsp3) is 0.867. The Labute approximate surface area is 127 Å². The predicted molar refractivity (Wildman–Crippen MR) is 81.1 cm³/mol. The van der Waals surface area contributed by atoms with E-state index in [1.54, 1.807) is 0 Å². The average Bonchev–Trinajstić information content (AvgIpc) is 2.55. The third-order valence-corrected chi connectivity index (χ3v) is 5.00. The van der Waals surface area contributed by atoms with E-state index in [9.17, 15) is 9.59 Å². The molecule has 21 heavy (non-hydrogen) atoms. The van der Waals surface area contributed by atoms with Gasteiger partial charge in [-0.3, -0.25) is 19.9 Å². The molecule has 0 aromatic heterocycles. The molecule has 2 rings (SSSR count). The van der Waals surface area contributed by atoms with Gasteiger partial charge in [0.25, 0.3) is 0 Å². The lowest BCUT2D eigenvalue weighted by Gasteiger charge is -2.35. The molecule has 0 saturated carbocycles. The van der Waals surface area contributed by atoms with Gasteiger partial charge in [0, 0.05) is 19.0 Å². The Kier molecular flexibility index (Phi) is 5.99. The van der Waals surface area contributed by atoms with Crippen molar-refractivity contribution >= 4 is 11.8 Å². The monoisotopic (exact) mass is 296 g/mol. The number of nitrogens with one attached hydrogen (secondary N) is 1. The lowest BCUT2D eigenvalue weighted by Crippen LogP contribution is -2.48. The number of hydrogen-bond acceptors (Lipinski definition) is 4. The van der Waals surface area contributed by atoms with E-state index in [0.29, 0.717) is 32.5 Å². The fourth-order valence-electron chi connectivity index (χ4n) is 3.35. The highest BCUT2D eigenvalue weighted by atomic mass is 16.2. The van der Waals surface area contributed by atoms with Gasteiger partial charge in [0.05, 0.1) is 6.54 Å². The van der Waals surface area contributed by atoms with Crippen LogP contribution in [0.4, 0.5) is 0 Å². The van der Waals surface area contributed by atoms with Crippen molar-refractivity contribution in [2.75, 3.05) is 32.7 Å². The molecule has 2 aliphatic rings. The molecule has 6 nitrogen and oxygen atoms in total. The topological polar surface area (TPSA) is 78.7 Å². The van der Waals surface area contributed by atoms with Crippen molar-refractivity contribution in [1.29, 1.82) is 0 Å². The lowest BCUT2D eigenvalue weighted by molar-refractivity contribution is -0.136. The molecule has 6 heteroatoms. The van der Waals surface area contributed by atoms with Gasteiger partial charge in [0.2, 0.25) is 11.8 Å². The number of likely N-dealkylation sites (tertiary alicyclic amines) is 2. The van der Waals surface area contributed by atoms with Gasteiger partial charge in [0.1, 0.15) is 0 Å². The highest BCUT2D eigenvalue weighted by Gasteiger charge is 2.28. The molecule has 2 aliphatic heterocycles. The summed E-state index contributed by atoms with van der Waals surface area (Å²) >= 11 is 0. The van der Waals surface area contributed by atoms with E-state index in [1.165, 1.54) is 19.3 Å². The van der Waals surface area contributed by atoms with E-state index >= 15 is 0 Å². The second kappa shape index (κ2) is 7.75. The SMILES string of the molecule is CCC1CCN(CC(=O)N2CCC(C(=O)NN)CC2)CC1. The first kappa shape index (κ1) is 16.2. The summed E-state index contributed by atoms with van der Waals surface area (Å²) in [6.07, 6.45) is 5.10. The van der Waals surface area contributed by atoms with E-state index in [-0.39, 0.29) is 17.7 Å². The van der Waals surface area contributed by atoms with Gasteiger partial charge in [-0.15, -0.1) is 0 Å². The highest BCUT2D eigenvalue weighted by Crippen LogP contribution is 2.21. The summed E-state index contributed by atoms with van der Waals surface area (Å²) in [6, 6.07) is 0. The molecular formula is C15H28N4O2. The molecule has 2 heterocycles. The Balaban J connectivity index is 1.71. The first-order chi connectivity index (χ1) is 10.1. The molecule has 0 aromatic rings. The van der Waals surface area contributed by atoms with Crippen LogP contribution < -0.4 is 11.3 Å². The molecule has 0 atom stereocenters. The van der Waals surface area contributed by atoms with Crippen molar-refractivity contribution < 1.29 is 9.59 Å². The predicted octanol–water partition coefficient (Wildman–Crippen LogP) is 0.337. The normalized spacial score (nSPS) is 22.3. The van der Waals surface area contributed by atoms with E-state index in [0.717, 1.165) is 19.0 Å². The number of amides is 2. The Hall–Kier alpha value is -1.14. The van der Waals surface area contributed by atoms with Crippen molar-refractivity contribution in [3.05, 3.63) is 0 Å². The number of piperidine rings is 2. The van der Waals surface area contributed by atoms with Gasteiger partial charge in [-0.25, -0.2) is 5.84 Å². The minimum absolute atomic E-state index is 0.0423. The van der Waals surface area contributed by atoms with Gasteiger partial charge in [-0.05, 0) is 44.7 Å². The third kappa shape index (κ3) is 4.41. The molecule has 0 radical (unpaired) electrons. The zero-order valence-electron chi connectivity index (χ0n) is 13.0. The lowest BCUT2D eigenvalue weighted by atomic mass is 9.94. The minimum Gasteiger partial charge on any atom is -0.342 e. The van der Waals surface area contributed by atoms with Gasteiger partial charge in [-0.2, -0.15) is 0 Å².